The summed E-state index contributed by atoms with van der Waals surface area (Å²) in [7, 11) is 0. The van der Waals surface area contributed by atoms with Crippen molar-refractivity contribution in [2.24, 2.45) is 0 Å². The first-order valence-corrected chi connectivity index (χ1v) is 9.92. The molecule has 2 unspecified atom stereocenters. The van der Waals surface area contributed by atoms with Crippen LogP contribution >= 0.6 is 50.7 Å². The number of ether oxygens (including phenoxy) is 1. The number of amides is 1. The molecule has 4 nitrogen and oxygen atoms in total. The second kappa shape index (κ2) is 9.14. The molecule has 0 aromatic heterocycles. The van der Waals surface area contributed by atoms with Gasteiger partial charge in [0.25, 0.3) is 5.91 Å². The van der Waals surface area contributed by atoms with E-state index in [1.807, 2.05) is 0 Å². The SMILES string of the molecule is O=C(NC(NC1CCCCCCC1)C(Cl)(Cl)Cl)C1CC(Br)=CO1. The number of carbonyl (C=O) groups is 1. The van der Waals surface area contributed by atoms with E-state index in [1.54, 1.807) is 0 Å². The molecule has 132 valence electrons. The zero-order valence-electron chi connectivity index (χ0n) is 12.8. The van der Waals surface area contributed by atoms with Gasteiger partial charge in [-0.25, -0.2) is 0 Å². The second-order valence-corrected chi connectivity index (χ2v) is 9.47. The third-order valence-electron chi connectivity index (χ3n) is 4.15. The topological polar surface area (TPSA) is 50.4 Å². The number of rotatable bonds is 4. The summed E-state index contributed by atoms with van der Waals surface area (Å²) in [5, 5.41) is 6.09. The van der Waals surface area contributed by atoms with Crippen LogP contribution < -0.4 is 10.6 Å². The average molecular weight is 449 g/mol. The Morgan fingerprint density at radius 1 is 1.22 bits per heavy atom. The highest BCUT2D eigenvalue weighted by atomic mass is 79.9. The summed E-state index contributed by atoms with van der Waals surface area (Å²) in [6.07, 6.45) is 8.81. The van der Waals surface area contributed by atoms with E-state index in [4.69, 9.17) is 39.5 Å². The number of nitrogens with one attached hydrogen (secondary N) is 2. The van der Waals surface area contributed by atoms with Gasteiger partial charge in [-0.1, -0.05) is 82.8 Å². The molecule has 1 heterocycles. The molecule has 2 N–H and O–H groups in total. The van der Waals surface area contributed by atoms with E-state index in [1.165, 1.54) is 25.5 Å². The van der Waals surface area contributed by atoms with Crippen molar-refractivity contribution in [1.29, 1.82) is 0 Å². The fraction of sp³-hybridized carbons (Fsp3) is 0.800. The van der Waals surface area contributed by atoms with E-state index in [0.717, 1.165) is 30.2 Å². The number of halogens is 4. The van der Waals surface area contributed by atoms with Crippen LogP contribution in [0.25, 0.3) is 0 Å². The molecule has 2 atom stereocenters. The molecular formula is C15H22BrCl3N2O2. The van der Waals surface area contributed by atoms with Crippen molar-refractivity contribution in [1.82, 2.24) is 10.6 Å². The van der Waals surface area contributed by atoms with Crippen molar-refractivity contribution in [2.75, 3.05) is 0 Å². The minimum absolute atomic E-state index is 0.241. The molecule has 0 aromatic rings. The molecule has 0 bridgehead atoms. The van der Waals surface area contributed by atoms with Crippen LogP contribution in [-0.4, -0.2) is 28.0 Å². The summed E-state index contributed by atoms with van der Waals surface area (Å²) in [6.45, 7) is 0. The van der Waals surface area contributed by atoms with Crippen LogP contribution in [0.2, 0.25) is 0 Å². The Morgan fingerprint density at radius 2 is 1.83 bits per heavy atom. The van der Waals surface area contributed by atoms with E-state index in [-0.39, 0.29) is 11.9 Å². The third kappa shape index (κ3) is 6.62. The van der Waals surface area contributed by atoms with Gasteiger partial charge in [-0.15, -0.1) is 0 Å². The Labute approximate surface area is 160 Å². The molecule has 1 aliphatic carbocycles. The quantitative estimate of drug-likeness (QED) is 0.491. The Morgan fingerprint density at radius 3 is 2.35 bits per heavy atom. The lowest BCUT2D eigenvalue weighted by molar-refractivity contribution is -0.129. The summed E-state index contributed by atoms with van der Waals surface area (Å²) in [4.78, 5) is 12.3. The minimum Gasteiger partial charge on any atom is -0.487 e. The summed E-state index contributed by atoms with van der Waals surface area (Å²) in [5.41, 5.74) is 0. The number of hydrogen-bond donors (Lipinski definition) is 2. The van der Waals surface area contributed by atoms with Gasteiger partial charge >= 0.3 is 0 Å². The molecule has 0 aromatic carbocycles. The van der Waals surface area contributed by atoms with Crippen molar-refractivity contribution < 1.29 is 9.53 Å². The molecule has 0 radical (unpaired) electrons. The largest absolute Gasteiger partial charge is 0.487 e. The van der Waals surface area contributed by atoms with Crippen molar-refractivity contribution >= 4 is 56.6 Å². The zero-order chi connectivity index (χ0) is 16.9. The number of hydrogen-bond acceptors (Lipinski definition) is 3. The van der Waals surface area contributed by atoms with Gasteiger partial charge in [-0.05, 0) is 12.8 Å². The summed E-state index contributed by atoms with van der Waals surface area (Å²) < 4.78 is 4.51. The van der Waals surface area contributed by atoms with Crippen LogP contribution in [0.15, 0.2) is 10.7 Å². The monoisotopic (exact) mass is 446 g/mol. The van der Waals surface area contributed by atoms with Crippen LogP contribution in [0, 0.1) is 0 Å². The molecule has 1 fully saturated rings. The first kappa shape index (κ1) is 19.6. The van der Waals surface area contributed by atoms with Crippen molar-refractivity contribution in [2.45, 2.75) is 73.5 Å². The van der Waals surface area contributed by atoms with Crippen molar-refractivity contribution in [3.63, 3.8) is 0 Å². The summed E-state index contributed by atoms with van der Waals surface area (Å²) in [6, 6.07) is 0.241. The van der Waals surface area contributed by atoms with Crippen LogP contribution in [0.1, 0.15) is 51.4 Å². The van der Waals surface area contributed by atoms with E-state index >= 15 is 0 Å². The Hall–Kier alpha value is 0.320. The van der Waals surface area contributed by atoms with Gasteiger partial charge in [0.1, 0.15) is 6.17 Å². The van der Waals surface area contributed by atoms with E-state index < -0.39 is 16.1 Å². The smallest absolute Gasteiger partial charge is 0.262 e. The third-order valence-corrected chi connectivity index (χ3v) is 5.32. The molecular weight excluding hydrogens is 426 g/mol. The fourth-order valence-corrected chi connectivity index (χ4v) is 3.65. The molecule has 2 rings (SSSR count). The van der Waals surface area contributed by atoms with Crippen LogP contribution in [-0.2, 0) is 9.53 Å². The van der Waals surface area contributed by atoms with Gasteiger partial charge in [0.2, 0.25) is 3.79 Å². The molecule has 23 heavy (non-hydrogen) atoms. The van der Waals surface area contributed by atoms with Crippen LogP contribution in [0.4, 0.5) is 0 Å². The van der Waals surface area contributed by atoms with Gasteiger partial charge in [0, 0.05) is 16.9 Å². The Balaban J connectivity index is 1.92. The highest BCUT2D eigenvalue weighted by molar-refractivity contribution is 9.11. The van der Waals surface area contributed by atoms with Gasteiger partial charge in [-0.3, -0.25) is 10.1 Å². The molecule has 0 saturated heterocycles. The molecule has 1 saturated carbocycles. The zero-order valence-corrected chi connectivity index (χ0v) is 16.6. The number of alkyl halides is 3. The van der Waals surface area contributed by atoms with Gasteiger partial charge in [0.15, 0.2) is 6.10 Å². The lowest BCUT2D eigenvalue weighted by Gasteiger charge is -2.32. The predicted octanol–water partition coefficient (Wildman–Crippen LogP) is 4.53. The summed E-state index contributed by atoms with van der Waals surface area (Å²) >= 11 is 21.5. The highest BCUT2D eigenvalue weighted by Gasteiger charge is 2.37. The van der Waals surface area contributed by atoms with Crippen molar-refractivity contribution in [3.05, 3.63) is 10.7 Å². The van der Waals surface area contributed by atoms with Gasteiger partial charge < -0.3 is 10.1 Å². The first-order valence-electron chi connectivity index (χ1n) is 7.99. The maximum atomic E-state index is 12.3. The molecule has 8 heteroatoms. The van der Waals surface area contributed by atoms with E-state index in [2.05, 4.69) is 26.6 Å². The Bertz CT molecular complexity index is 435. The highest BCUT2D eigenvalue weighted by Crippen LogP contribution is 2.31. The first-order chi connectivity index (χ1) is 10.9. The molecule has 1 aliphatic heterocycles. The van der Waals surface area contributed by atoms with Crippen LogP contribution in [0.5, 0.6) is 0 Å². The normalized spacial score (nSPS) is 25.0. The van der Waals surface area contributed by atoms with Crippen molar-refractivity contribution in [3.8, 4) is 0 Å². The summed E-state index contributed by atoms with van der Waals surface area (Å²) in [5.74, 6) is -0.287. The Kier molecular flexibility index (Phi) is 7.80. The standard InChI is InChI=1S/C15H22BrCl3N2O2/c16-10-8-12(23-9-10)13(22)21-14(15(17,18)19)20-11-6-4-2-1-3-5-7-11/h9,11-12,14,20H,1-8H2,(H,21,22). The van der Waals surface area contributed by atoms with Crippen LogP contribution in [0.3, 0.4) is 0 Å². The predicted molar refractivity (Wildman–Crippen MR) is 98.0 cm³/mol. The molecule has 1 amide bonds. The lowest BCUT2D eigenvalue weighted by atomic mass is 9.96. The van der Waals surface area contributed by atoms with Gasteiger partial charge in [0.05, 0.1) is 6.26 Å². The maximum absolute atomic E-state index is 12.3. The fourth-order valence-electron chi connectivity index (χ4n) is 2.90. The lowest BCUT2D eigenvalue weighted by Crippen LogP contribution is -2.58. The molecule has 0 spiro atoms. The average Bonchev–Trinajstić information content (AvgIpc) is 2.86. The number of carbonyl (C=O) groups excluding carboxylic acids is 1. The van der Waals surface area contributed by atoms with Gasteiger partial charge in [-0.2, -0.15) is 0 Å². The van der Waals surface area contributed by atoms with E-state index in [0.29, 0.717) is 6.42 Å². The minimum atomic E-state index is -1.62. The van der Waals surface area contributed by atoms with E-state index in [9.17, 15) is 4.79 Å². The molecule has 2 aliphatic rings. The second-order valence-electron chi connectivity index (χ2n) is 6.09. The maximum Gasteiger partial charge on any atom is 0.262 e.